The predicted molar refractivity (Wildman–Crippen MR) is 112 cm³/mol. The molecular weight excluding hydrogens is 384 g/mol. The normalized spacial score (nSPS) is 11.8. The Labute approximate surface area is 172 Å². The number of para-hydroxylation sites is 1. The number of hydrogen-bond donors (Lipinski definition) is 0. The molecular formula is C23H18N2O3S. The maximum Gasteiger partial charge on any atom is 0.277 e. The molecule has 0 saturated carbocycles. The number of methoxy groups -OCH3 is 1. The first-order valence-electron chi connectivity index (χ1n) is 9.04. The van der Waals surface area contributed by atoms with Crippen molar-refractivity contribution < 1.29 is 13.9 Å². The molecule has 1 heterocycles. The molecule has 0 spiro atoms. The third kappa shape index (κ3) is 4.22. The van der Waals surface area contributed by atoms with E-state index < -0.39 is 5.25 Å². The zero-order valence-corrected chi connectivity index (χ0v) is 16.5. The van der Waals surface area contributed by atoms with E-state index in [1.807, 2.05) is 84.9 Å². The molecule has 0 amide bonds. The quantitative estimate of drug-likeness (QED) is 0.302. The van der Waals surface area contributed by atoms with Crippen LogP contribution in [0.4, 0.5) is 0 Å². The number of carbonyl (C=O) groups excluding carboxylic acids is 1. The summed E-state index contributed by atoms with van der Waals surface area (Å²) in [6, 6.07) is 26.3. The standard InChI is InChI=1S/C23H18N2O3S/c1-27-19-15-9-8-14-18(19)22-24-25-23(28-22)29-21(17-12-6-3-7-13-17)20(26)16-10-4-2-5-11-16/h2-15,21H,1H3/t21-/m0/s1. The zero-order chi connectivity index (χ0) is 20.1. The molecule has 4 aromatic rings. The van der Waals surface area contributed by atoms with Gasteiger partial charge in [-0.15, -0.1) is 10.2 Å². The van der Waals surface area contributed by atoms with Gasteiger partial charge >= 0.3 is 0 Å². The van der Waals surface area contributed by atoms with E-state index in [-0.39, 0.29) is 5.78 Å². The minimum Gasteiger partial charge on any atom is -0.496 e. The Morgan fingerprint density at radius 3 is 2.28 bits per heavy atom. The van der Waals surface area contributed by atoms with E-state index in [0.717, 1.165) is 5.56 Å². The van der Waals surface area contributed by atoms with Gasteiger partial charge in [-0.05, 0) is 29.5 Å². The first-order chi connectivity index (χ1) is 14.3. The van der Waals surface area contributed by atoms with Gasteiger partial charge in [0.2, 0.25) is 0 Å². The summed E-state index contributed by atoms with van der Waals surface area (Å²) in [6.07, 6.45) is 0. The fourth-order valence-corrected chi connectivity index (χ4v) is 3.90. The minimum atomic E-state index is -0.496. The molecule has 6 heteroatoms. The van der Waals surface area contributed by atoms with Crippen LogP contribution in [0, 0.1) is 0 Å². The van der Waals surface area contributed by atoms with Gasteiger partial charge in [-0.3, -0.25) is 4.79 Å². The van der Waals surface area contributed by atoms with Gasteiger partial charge in [0.1, 0.15) is 11.0 Å². The van der Waals surface area contributed by atoms with Crippen LogP contribution in [0.1, 0.15) is 21.2 Å². The van der Waals surface area contributed by atoms with Gasteiger partial charge in [-0.2, -0.15) is 0 Å². The van der Waals surface area contributed by atoms with Crippen molar-refractivity contribution in [2.45, 2.75) is 10.5 Å². The topological polar surface area (TPSA) is 65.2 Å². The van der Waals surface area contributed by atoms with Crippen LogP contribution in [0.25, 0.3) is 11.5 Å². The molecule has 144 valence electrons. The lowest BCUT2D eigenvalue weighted by Crippen LogP contribution is -2.10. The molecule has 0 saturated heterocycles. The maximum atomic E-state index is 13.2. The lowest BCUT2D eigenvalue weighted by molar-refractivity contribution is 0.0989. The molecule has 1 atom stereocenters. The third-order valence-electron chi connectivity index (χ3n) is 4.36. The first-order valence-corrected chi connectivity index (χ1v) is 9.92. The lowest BCUT2D eigenvalue weighted by Gasteiger charge is -2.14. The van der Waals surface area contributed by atoms with Gasteiger partial charge < -0.3 is 9.15 Å². The van der Waals surface area contributed by atoms with Gasteiger partial charge in [-0.1, -0.05) is 72.8 Å². The number of carbonyl (C=O) groups is 1. The summed E-state index contributed by atoms with van der Waals surface area (Å²) in [4.78, 5) is 13.2. The molecule has 0 aliphatic rings. The highest BCUT2D eigenvalue weighted by molar-refractivity contribution is 8.00. The fourth-order valence-electron chi connectivity index (χ4n) is 2.94. The summed E-state index contributed by atoms with van der Waals surface area (Å²) < 4.78 is 11.2. The number of hydrogen-bond acceptors (Lipinski definition) is 6. The summed E-state index contributed by atoms with van der Waals surface area (Å²) in [5, 5.41) is 8.12. The highest BCUT2D eigenvalue weighted by Gasteiger charge is 2.26. The molecule has 0 aliphatic heterocycles. The molecule has 1 aromatic heterocycles. The molecule has 5 nitrogen and oxygen atoms in total. The Bertz CT molecular complexity index is 1100. The number of rotatable bonds is 7. The van der Waals surface area contributed by atoms with Gasteiger partial charge in [0.25, 0.3) is 11.1 Å². The van der Waals surface area contributed by atoms with Crippen LogP contribution >= 0.6 is 11.8 Å². The van der Waals surface area contributed by atoms with Crippen LogP contribution < -0.4 is 4.74 Å². The highest BCUT2D eigenvalue weighted by Crippen LogP contribution is 2.39. The second-order valence-electron chi connectivity index (χ2n) is 6.21. The molecule has 0 radical (unpaired) electrons. The summed E-state index contributed by atoms with van der Waals surface area (Å²) in [5.41, 5.74) is 2.22. The summed E-state index contributed by atoms with van der Waals surface area (Å²) >= 11 is 1.24. The number of ether oxygens (including phenoxy) is 1. The number of ketones is 1. The number of aromatic nitrogens is 2. The molecule has 0 unspecified atom stereocenters. The second kappa shape index (κ2) is 8.75. The van der Waals surface area contributed by atoms with E-state index in [2.05, 4.69) is 10.2 Å². The Kier molecular flexibility index (Phi) is 5.72. The monoisotopic (exact) mass is 402 g/mol. The van der Waals surface area contributed by atoms with Crippen LogP contribution in [0.15, 0.2) is 94.6 Å². The van der Waals surface area contributed by atoms with E-state index in [1.54, 1.807) is 7.11 Å². The van der Waals surface area contributed by atoms with E-state index in [1.165, 1.54) is 11.8 Å². The Morgan fingerprint density at radius 2 is 1.55 bits per heavy atom. The van der Waals surface area contributed by atoms with Gasteiger partial charge in [-0.25, -0.2) is 0 Å². The van der Waals surface area contributed by atoms with E-state index in [4.69, 9.17) is 9.15 Å². The molecule has 0 aliphatic carbocycles. The Hall–Kier alpha value is -3.38. The predicted octanol–water partition coefficient (Wildman–Crippen LogP) is 5.46. The van der Waals surface area contributed by atoms with Crippen molar-refractivity contribution in [3.8, 4) is 17.2 Å². The Balaban J connectivity index is 1.65. The molecule has 0 N–H and O–H groups in total. The molecule has 3 aromatic carbocycles. The summed E-state index contributed by atoms with van der Waals surface area (Å²) in [6.45, 7) is 0. The van der Waals surface area contributed by atoms with Crippen LogP contribution in [0.5, 0.6) is 5.75 Å². The molecule has 0 fully saturated rings. The van der Waals surface area contributed by atoms with Crippen LogP contribution in [-0.2, 0) is 0 Å². The van der Waals surface area contributed by atoms with Crippen molar-refractivity contribution in [3.63, 3.8) is 0 Å². The van der Waals surface area contributed by atoms with Crippen LogP contribution in [0.2, 0.25) is 0 Å². The SMILES string of the molecule is COc1ccccc1-c1nnc(S[C@H](C(=O)c2ccccc2)c2ccccc2)o1. The van der Waals surface area contributed by atoms with Crippen LogP contribution in [0.3, 0.4) is 0 Å². The van der Waals surface area contributed by atoms with Crippen molar-refractivity contribution in [1.29, 1.82) is 0 Å². The van der Waals surface area contributed by atoms with Crippen LogP contribution in [-0.4, -0.2) is 23.1 Å². The molecule has 0 bridgehead atoms. The molecule has 29 heavy (non-hydrogen) atoms. The maximum absolute atomic E-state index is 13.2. The minimum absolute atomic E-state index is 0.0150. The number of thioether (sulfide) groups is 1. The van der Waals surface area contributed by atoms with E-state index in [9.17, 15) is 4.79 Å². The van der Waals surface area contributed by atoms with E-state index >= 15 is 0 Å². The summed E-state index contributed by atoms with van der Waals surface area (Å²) in [5.74, 6) is 0.982. The smallest absolute Gasteiger partial charge is 0.277 e. The van der Waals surface area contributed by atoms with Crippen molar-refractivity contribution in [1.82, 2.24) is 10.2 Å². The number of nitrogens with zero attached hydrogens (tertiary/aromatic N) is 2. The van der Waals surface area contributed by atoms with Crippen molar-refractivity contribution in [3.05, 3.63) is 96.1 Å². The number of Topliss-reactive ketones (excluding diaryl/α,β-unsaturated/α-hetero) is 1. The summed E-state index contributed by atoms with van der Waals surface area (Å²) in [7, 11) is 1.59. The zero-order valence-electron chi connectivity index (χ0n) is 15.7. The van der Waals surface area contributed by atoms with Gasteiger partial charge in [0.05, 0.1) is 12.7 Å². The second-order valence-corrected chi connectivity index (χ2v) is 7.27. The average molecular weight is 402 g/mol. The fraction of sp³-hybridized carbons (Fsp3) is 0.0870. The van der Waals surface area contributed by atoms with Gasteiger partial charge in [0, 0.05) is 5.56 Å². The largest absolute Gasteiger partial charge is 0.496 e. The molecule has 4 rings (SSSR count). The lowest BCUT2D eigenvalue weighted by atomic mass is 10.0. The van der Waals surface area contributed by atoms with Crippen molar-refractivity contribution in [2.75, 3.05) is 7.11 Å². The van der Waals surface area contributed by atoms with Crippen molar-refractivity contribution in [2.24, 2.45) is 0 Å². The van der Waals surface area contributed by atoms with Gasteiger partial charge in [0.15, 0.2) is 5.78 Å². The van der Waals surface area contributed by atoms with Crippen molar-refractivity contribution >= 4 is 17.5 Å². The first kappa shape index (κ1) is 19.0. The third-order valence-corrected chi connectivity index (χ3v) is 5.45. The average Bonchev–Trinajstić information content (AvgIpc) is 3.26. The Morgan fingerprint density at radius 1 is 0.897 bits per heavy atom. The highest BCUT2D eigenvalue weighted by atomic mass is 32.2. The number of benzene rings is 3. The van der Waals surface area contributed by atoms with E-state index in [0.29, 0.717) is 28.0 Å².